The number of carbonyl (C=O) groups excluding carboxylic acids is 2. The van der Waals surface area contributed by atoms with E-state index in [1.165, 1.54) is 7.11 Å². The molecule has 0 saturated carbocycles. The number of hydrazone groups is 1. The monoisotopic (exact) mass is 316 g/mol. The SMILES string of the molecule is COC(=O)C1=NN2c3ccccc3C(=O)OCCCCCC2C1. The van der Waals surface area contributed by atoms with Gasteiger partial charge in [-0.3, -0.25) is 5.01 Å². The highest BCUT2D eigenvalue weighted by atomic mass is 16.5. The van der Waals surface area contributed by atoms with Crippen molar-refractivity contribution in [2.75, 3.05) is 18.7 Å². The first-order chi connectivity index (χ1) is 11.2. The number of anilines is 1. The molecule has 1 aromatic carbocycles. The number of fused-ring (bicyclic) bond motifs is 3. The number of ether oxygens (including phenoxy) is 2. The lowest BCUT2D eigenvalue weighted by Crippen LogP contribution is -2.28. The van der Waals surface area contributed by atoms with Gasteiger partial charge in [0.2, 0.25) is 0 Å². The number of hydrogen-bond donors (Lipinski definition) is 0. The molecular weight excluding hydrogens is 296 g/mol. The van der Waals surface area contributed by atoms with Crippen LogP contribution in [0, 0.1) is 0 Å². The molecule has 0 spiro atoms. The van der Waals surface area contributed by atoms with Gasteiger partial charge in [0.25, 0.3) is 0 Å². The van der Waals surface area contributed by atoms with Crippen molar-refractivity contribution in [3.8, 4) is 0 Å². The molecule has 6 nitrogen and oxygen atoms in total. The summed E-state index contributed by atoms with van der Waals surface area (Å²) in [5.74, 6) is -0.757. The van der Waals surface area contributed by atoms with Crippen LogP contribution in [0.25, 0.3) is 0 Å². The van der Waals surface area contributed by atoms with Crippen molar-refractivity contribution in [1.29, 1.82) is 0 Å². The molecule has 1 unspecified atom stereocenters. The van der Waals surface area contributed by atoms with E-state index in [0.717, 1.165) is 25.7 Å². The number of hydrogen-bond acceptors (Lipinski definition) is 6. The van der Waals surface area contributed by atoms with Crippen LogP contribution in [0.5, 0.6) is 0 Å². The second-order valence-electron chi connectivity index (χ2n) is 5.74. The predicted octanol–water partition coefficient (Wildman–Crippen LogP) is 2.53. The van der Waals surface area contributed by atoms with Crippen LogP contribution in [-0.4, -0.2) is 37.4 Å². The molecule has 1 atom stereocenters. The Bertz CT molecular complexity index is 641. The second kappa shape index (κ2) is 6.81. The van der Waals surface area contributed by atoms with E-state index in [1.807, 2.05) is 12.1 Å². The fourth-order valence-electron chi connectivity index (χ4n) is 3.03. The molecule has 0 fully saturated rings. The highest BCUT2D eigenvalue weighted by molar-refractivity contribution is 6.37. The summed E-state index contributed by atoms with van der Waals surface area (Å²) in [7, 11) is 1.35. The van der Waals surface area contributed by atoms with Gasteiger partial charge in [0, 0.05) is 6.42 Å². The Hall–Kier alpha value is -2.37. The van der Waals surface area contributed by atoms with Crippen LogP contribution in [0.15, 0.2) is 29.4 Å². The summed E-state index contributed by atoms with van der Waals surface area (Å²) in [4.78, 5) is 24.1. The highest BCUT2D eigenvalue weighted by Gasteiger charge is 2.33. The third kappa shape index (κ3) is 3.21. The van der Waals surface area contributed by atoms with Crippen molar-refractivity contribution in [2.24, 2.45) is 5.10 Å². The van der Waals surface area contributed by atoms with Gasteiger partial charge in [0.15, 0.2) is 0 Å². The molecule has 23 heavy (non-hydrogen) atoms. The van der Waals surface area contributed by atoms with Crippen LogP contribution in [0.4, 0.5) is 5.69 Å². The lowest BCUT2D eigenvalue weighted by atomic mass is 10.0. The topological polar surface area (TPSA) is 68.2 Å². The smallest absolute Gasteiger partial charge is 0.354 e. The van der Waals surface area contributed by atoms with E-state index in [1.54, 1.807) is 17.1 Å². The summed E-state index contributed by atoms with van der Waals surface area (Å²) in [5.41, 5.74) is 1.57. The van der Waals surface area contributed by atoms with E-state index in [2.05, 4.69) is 5.10 Å². The molecule has 0 aromatic heterocycles. The van der Waals surface area contributed by atoms with Crippen molar-refractivity contribution < 1.29 is 19.1 Å². The Balaban J connectivity index is 2.00. The summed E-state index contributed by atoms with van der Waals surface area (Å²) in [6.45, 7) is 0.439. The van der Waals surface area contributed by atoms with Gasteiger partial charge in [-0.2, -0.15) is 5.10 Å². The zero-order valence-corrected chi connectivity index (χ0v) is 13.2. The lowest BCUT2D eigenvalue weighted by molar-refractivity contribution is -0.132. The third-order valence-corrected chi connectivity index (χ3v) is 4.21. The fourth-order valence-corrected chi connectivity index (χ4v) is 3.03. The van der Waals surface area contributed by atoms with Gasteiger partial charge < -0.3 is 9.47 Å². The van der Waals surface area contributed by atoms with Crippen molar-refractivity contribution >= 4 is 23.3 Å². The minimum Gasteiger partial charge on any atom is -0.464 e. The van der Waals surface area contributed by atoms with Crippen molar-refractivity contribution in [3.63, 3.8) is 0 Å². The number of methoxy groups -OCH3 is 1. The maximum Gasteiger partial charge on any atom is 0.354 e. The van der Waals surface area contributed by atoms with E-state index < -0.39 is 5.97 Å². The molecule has 0 saturated heterocycles. The molecular formula is C17H20N2O4. The van der Waals surface area contributed by atoms with Crippen molar-refractivity contribution in [2.45, 2.75) is 38.1 Å². The number of benzene rings is 1. The molecule has 0 bridgehead atoms. The lowest BCUT2D eigenvalue weighted by Gasteiger charge is -2.24. The van der Waals surface area contributed by atoms with Gasteiger partial charge in [0.1, 0.15) is 5.71 Å². The molecule has 2 aliphatic heterocycles. The van der Waals surface area contributed by atoms with Crippen LogP contribution >= 0.6 is 0 Å². The van der Waals surface area contributed by atoms with E-state index >= 15 is 0 Å². The Morgan fingerprint density at radius 2 is 2.13 bits per heavy atom. The maximum absolute atomic E-state index is 12.3. The molecule has 0 N–H and O–H groups in total. The maximum atomic E-state index is 12.3. The Morgan fingerprint density at radius 3 is 2.96 bits per heavy atom. The Labute approximate surface area is 135 Å². The quantitative estimate of drug-likeness (QED) is 0.745. The van der Waals surface area contributed by atoms with Gasteiger partial charge >= 0.3 is 11.9 Å². The van der Waals surface area contributed by atoms with E-state index in [-0.39, 0.29) is 12.0 Å². The molecule has 1 aromatic rings. The standard InChI is InChI=1S/C17H20N2O4/c1-22-17(21)14-11-12-7-3-2-6-10-23-16(20)13-8-4-5-9-15(13)19(12)18-14/h4-5,8-9,12H,2-3,6-7,10-11H2,1H3. The second-order valence-corrected chi connectivity index (χ2v) is 5.74. The number of para-hydroxylation sites is 1. The summed E-state index contributed by atoms with van der Waals surface area (Å²) in [6.07, 6.45) is 4.29. The zero-order chi connectivity index (χ0) is 16.2. The first kappa shape index (κ1) is 15.5. The first-order valence-electron chi connectivity index (χ1n) is 7.92. The van der Waals surface area contributed by atoms with Gasteiger partial charge in [-0.15, -0.1) is 0 Å². The Kier molecular flexibility index (Phi) is 4.60. The number of carbonyl (C=O) groups is 2. The van der Waals surface area contributed by atoms with Crippen LogP contribution in [0.1, 0.15) is 42.5 Å². The normalized spacial score (nSPS) is 21.4. The highest BCUT2D eigenvalue weighted by Crippen LogP contribution is 2.31. The number of nitrogens with zero attached hydrogens (tertiary/aromatic N) is 2. The largest absolute Gasteiger partial charge is 0.464 e. The molecule has 0 amide bonds. The average Bonchev–Trinajstić information content (AvgIpc) is 2.99. The molecule has 3 rings (SSSR count). The zero-order valence-electron chi connectivity index (χ0n) is 13.2. The average molecular weight is 316 g/mol. The van der Waals surface area contributed by atoms with E-state index in [9.17, 15) is 9.59 Å². The van der Waals surface area contributed by atoms with Crippen molar-refractivity contribution in [1.82, 2.24) is 0 Å². The Morgan fingerprint density at radius 1 is 1.30 bits per heavy atom. The molecule has 6 heteroatoms. The minimum absolute atomic E-state index is 0.0659. The van der Waals surface area contributed by atoms with Gasteiger partial charge in [0.05, 0.1) is 31.0 Å². The third-order valence-electron chi connectivity index (χ3n) is 4.21. The first-order valence-corrected chi connectivity index (χ1v) is 7.92. The number of rotatable bonds is 1. The van der Waals surface area contributed by atoms with Crippen LogP contribution in [-0.2, 0) is 14.3 Å². The summed E-state index contributed by atoms with van der Waals surface area (Å²) < 4.78 is 10.1. The van der Waals surface area contributed by atoms with Crippen molar-refractivity contribution in [3.05, 3.63) is 29.8 Å². The summed E-state index contributed by atoms with van der Waals surface area (Å²) >= 11 is 0. The van der Waals surface area contributed by atoms with Gasteiger partial charge in [-0.25, -0.2) is 9.59 Å². The number of esters is 2. The molecule has 2 heterocycles. The molecule has 0 aliphatic carbocycles. The predicted molar refractivity (Wildman–Crippen MR) is 85.5 cm³/mol. The number of cyclic esters (lactones) is 1. The minimum atomic E-state index is -0.412. The summed E-state index contributed by atoms with van der Waals surface area (Å²) in [5, 5.41) is 6.21. The fraction of sp³-hybridized carbons (Fsp3) is 0.471. The van der Waals surface area contributed by atoms with E-state index in [4.69, 9.17) is 9.47 Å². The van der Waals surface area contributed by atoms with Crippen LogP contribution in [0.2, 0.25) is 0 Å². The molecule has 122 valence electrons. The van der Waals surface area contributed by atoms with Gasteiger partial charge in [-0.1, -0.05) is 18.6 Å². The van der Waals surface area contributed by atoms with E-state index in [0.29, 0.717) is 30.0 Å². The van der Waals surface area contributed by atoms with Crippen LogP contribution in [0.3, 0.4) is 0 Å². The molecule has 0 radical (unpaired) electrons. The van der Waals surface area contributed by atoms with Gasteiger partial charge in [-0.05, 0) is 31.4 Å². The summed E-state index contributed by atoms with van der Waals surface area (Å²) in [6, 6.07) is 7.30. The van der Waals surface area contributed by atoms with Crippen LogP contribution < -0.4 is 5.01 Å². The molecule has 2 aliphatic rings.